The molecule has 5 rings (SSSR count). The summed E-state index contributed by atoms with van der Waals surface area (Å²) in [6.45, 7) is 12.4. The Hall–Kier alpha value is -3.26. The molecule has 2 aromatic heterocycles. The summed E-state index contributed by atoms with van der Waals surface area (Å²) in [7, 11) is -3.70. The summed E-state index contributed by atoms with van der Waals surface area (Å²) in [4.78, 5) is 8.84. The van der Waals surface area contributed by atoms with Crippen molar-refractivity contribution in [1.82, 2.24) is 9.97 Å². The molecule has 0 aliphatic heterocycles. The van der Waals surface area contributed by atoms with Crippen LogP contribution >= 0.6 is 7.14 Å². The minimum absolute atomic E-state index is 0. The molecule has 0 spiro atoms. The number of aromatic nitrogens is 2. The molecule has 0 radical (unpaired) electrons. The van der Waals surface area contributed by atoms with Gasteiger partial charge in [-0.2, -0.15) is 0 Å². The Morgan fingerprint density at radius 1 is 0.628 bits per heavy atom. The zero-order valence-corrected chi connectivity index (χ0v) is 28.1. The molecule has 43 heavy (non-hydrogen) atoms. The van der Waals surface area contributed by atoms with Gasteiger partial charge in [0.15, 0.2) is 0 Å². The van der Waals surface area contributed by atoms with Gasteiger partial charge in [-0.05, 0) is 45.5 Å². The summed E-state index contributed by atoms with van der Waals surface area (Å²) in [5.41, 5.74) is 2.65. The average molecular weight is 774 g/mol. The molecular weight excluding hydrogens is 740 g/mol. The summed E-state index contributed by atoms with van der Waals surface area (Å²) in [6.07, 6.45) is 3.29. The summed E-state index contributed by atoms with van der Waals surface area (Å²) in [6, 6.07) is 28.2. The molecule has 222 valence electrons. The molecule has 0 aliphatic carbocycles. The number of rotatable bonds is 5. The van der Waals surface area contributed by atoms with E-state index in [4.69, 9.17) is 0 Å². The van der Waals surface area contributed by atoms with Crippen molar-refractivity contribution in [3.8, 4) is 22.5 Å². The molecule has 0 amide bonds. The van der Waals surface area contributed by atoms with Gasteiger partial charge in [-0.1, -0.05) is 106 Å². The first kappa shape index (κ1) is 32.6. The maximum atomic E-state index is 15.3. The van der Waals surface area contributed by atoms with E-state index in [2.05, 4.69) is 63.6 Å². The molecule has 7 heteroatoms. The fourth-order valence-corrected chi connectivity index (χ4v) is 7.30. The van der Waals surface area contributed by atoms with E-state index in [1.807, 2.05) is 30.3 Å². The van der Waals surface area contributed by atoms with E-state index in [0.717, 1.165) is 11.1 Å². The van der Waals surface area contributed by atoms with E-state index >= 15 is 13.3 Å². The molecule has 0 saturated heterocycles. The second-order valence-electron chi connectivity index (χ2n) is 12.4. The van der Waals surface area contributed by atoms with Gasteiger partial charge >= 0.3 is 21.1 Å². The van der Waals surface area contributed by atoms with Gasteiger partial charge in [0.1, 0.15) is 7.14 Å². The van der Waals surface area contributed by atoms with Crippen LogP contribution in [0.4, 0.5) is 8.78 Å². The van der Waals surface area contributed by atoms with Gasteiger partial charge < -0.3 is 14.5 Å². The monoisotopic (exact) mass is 773 g/mol. The van der Waals surface area contributed by atoms with Crippen LogP contribution in [-0.4, -0.2) is 9.97 Å². The molecule has 0 saturated carbocycles. The van der Waals surface area contributed by atoms with Gasteiger partial charge in [0.2, 0.25) is 0 Å². The van der Waals surface area contributed by atoms with E-state index in [9.17, 15) is 0 Å². The van der Waals surface area contributed by atoms with E-state index < -0.39 is 18.8 Å². The number of nitrogens with zero attached hydrogens (tertiary/aromatic N) is 2. The van der Waals surface area contributed by atoms with Crippen molar-refractivity contribution in [3.05, 3.63) is 126 Å². The Kier molecular flexibility index (Phi) is 9.40. The normalized spacial score (nSPS) is 12.1. The summed E-state index contributed by atoms with van der Waals surface area (Å²) < 4.78 is 46.0. The van der Waals surface area contributed by atoms with Crippen LogP contribution in [0.2, 0.25) is 0 Å². The third kappa shape index (κ3) is 6.64. The quantitative estimate of drug-likeness (QED) is 0.135. The van der Waals surface area contributed by atoms with Crippen molar-refractivity contribution in [2.45, 2.75) is 52.4 Å². The summed E-state index contributed by atoms with van der Waals surface area (Å²) in [5.74, 6) is -1.05. The Balaban J connectivity index is 0.00000423. The predicted octanol–water partition coefficient (Wildman–Crippen LogP) is 7.92. The first-order valence-electron chi connectivity index (χ1n) is 13.8. The van der Waals surface area contributed by atoms with Crippen LogP contribution in [0.1, 0.15) is 52.7 Å². The minimum atomic E-state index is -3.70. The number of pyridine rings is 2. The molecule has 0 unspecified atom stereocenters. The maximum absolute atomic E-state index is 15.3. The molecular formula is C36H33F2N2OPPt. The number of halogens is 2. The van der Waals surface area contributed by atoms with Gasteiger partial charge in [0, 0.05) is 29.3 Å². The van der Waals surface area contributed by atoms with Gasteiger partial charge in [-0.25, -0.2) is 0 Å². The van der Waals surface area contributed by atoms with Crippen LogP contribution < -0.4 is 15.9 Å². The average Bonchev–Trinajstić information content (AvgIpc) is 2.97. The zero-order chi connectivity index (χ0) is 30.3. The van der Waals surface area contributed by atoms with Crippen molar-refractivity contribution in [3.63, 3.8) is 0 Å². The van der Waals surface area contributed by atoms with Crippen LogP contribution in [0.15, 0.2) is 91.3 Å². The molecule has 0 aliphatic rings. The Morgan fingerprint density at radius 3 is 1.44 bits per heavy atom. The van der Waals surface area contributed by atoms with Crippen LogP contribution in [0.3, 0.4) is 0 Å². The standard InChI is InChI=1S/C36H33F2N2OP.Pt/c1-35(2,3)24-16-18-39-33(20-24)29-22-27(12-14-31(29)37)42(41,26-10-8-7-9-11-26)28-13-15-32(38)30(23-28)34-21-25(17-19-40-34)36(4,5)6;/h7-21H,1-6H3;/q-2;+2. The molecule has 3 nitrogen and oxygen atoms in total. The minimum Gasteiger partial charge on any atom is -0.312 e. The van der Waals surface area contributed by atoms with Crippen LogP contribution in [0.25, 0.3) is 22.5 Å². The van der Waals surface area contributed by atoms with Crippen LogP contribution in [0, 0.1) is 23.8 Å². The largest absolute Gasteiger partial charge is 2.00 e. The maximum Gasteiger partial charge on any atom is 2.00 e. The van der Waals surface area contributed by atoms with E-state index in [1.165, 1.54) is 24.3 Å². The molecule has 0 bridgehead atoms. The van der Waals surface area contributed by atoms with Gasteiger partial charge in [-0.3, -0.25) is 8.78 Å². The van der Waals surface area contributed by atoms with E-state index in [0.29, 0.717) is 16.7 Å². The molecule has 3 aromatic carbocycles. The Morgan fingerprint density at radius 2 is 1.05 bits per heavy atom. The smallest absolute Gasteiger partial charge is 0.312 e. The van der Waals surface area contributed by atoms with Gasteiger partial charge in [0.05, 0.1) is 0 Å². The second-order valence-corrected chi connectivity index (χ2v) is 15.1. The van der Waals surface area contributed by atoms with Crippen molar-refractivity contribution < 1.29 is 34.4 Å². The van der Waals surface area contributed by atoms with E-state index in [1.54, 1.807) is 36.7 Å². The summed E-state index contributed by atoms with van der Waals surface area (Å²) >= 11 is 0. The zero-order valence-electron chi connectivity index (χ0n) is 25.0. The fourth-order valence-electron chi connectivity index (χ4n) is 4.78. The van der Waals surface area contributed by atoms with Crippen LogP contribution in [0.5, 0.6) is 0 Å². The second kappa shape index (κ2) is 12.4. The predicted molar refractivity (Wildman–Crippen MR) is 167 cm³/mol. The number of hydrogen-bond acceptors (Lipinski definition) is 3. The Labute approximate surface area is 267 Å². The first-order valence-corrected chi connectivity index (χ1v) is 15.5. The first-order chi connectivity index (χ1) is 19.8. The van der Waals surface area contributed by atoms with Crippen molar-refractivity contribution >= 4 is 23.1 Å². The third-order valence-corrected chi connectivity index (χ3v) is 10.2. The van der Waals surface area contributed by atoms with Crippen LogP contribution in [-0.2, 0) is 36.5 Å². The molecule has 0 N–H and O–H groups in total. The SMILES string of the molecule is CC(C)(C)c1ccnc(-c2[c-]c(P(=O)(c3[c-]c(-c4cc(C(C)(C)C)ccn4)c(F)cc3)c3ccccc3)ccc2F)c1.[Pt+2]. The topological polar surface area (TPSA) is 42.9 Å². The van der Waals surface area contributed by atoms with Crippen molar-refractivity contribution in [2.75, 3.05) is 0 Å². The third-order valence-electron chi connectivity index (χ3n) is 7.32. The fraction of sp³-hybridized carbons (Fsp3) is 0.222. The molecule has 0 fully saturated rings. The number of benzene rings is 3. The molecule has 0 atom stereocenters. The van der Waals surface area contributed by atoms with E-state index in [-0.39, 0.29) is 53.6 Å². The molecule has 5 aromatic rings. The Bertz CT molecular complexity index is 1700. The summed E-state index contributed by atoms with van der Waals surface area (Å²) in [5, 5.41) is 1.05. The van der Waals surface area contributed by atoms with Crippen molar-refractivity contribution in [1.29, 1.82) is 0 Å². The van der Waals surface area contributed by atoms with Crippen molar-refractivity contribution in [2.24, 2.45) is 0 Å². The molecule has 2 heterocycles. The number of hydrogen-bond donors (Lipinski definition) is 0. The van der Waals surface area contributed by atoms with Gasteiger partial charge in [0.25, 0.3) is 0 Å². The van der Waals surface area contributed by atoms with Gasteiger partial charge in [-0.15, -0.1) is 36.4 Å².